The molecule has 2 aromatic rings. The van der Waals surface area contributed by atoms with E-state index < -0.39 is 51.4 Å². The SMILES string of the molecule is Cc1c(F)cc(F)c([B]c2c(F)cc(F)cc2F)c1F. The van der Waals surface area contributed by atoms with Crippen LogP contribution in [0.2, 0.25) is 0 Å². The standard InChI is InChI=1S/C13H6BF6/c1-5-7(16)4-10(19)12(13(5)20)14-11-8(17)2-6(15)3-9(11)18/h2-4H,1H3. The van der Waals surface area contributed by atoms with Gasteiger partial charge in [-0.15, -0.1) is 0 Å². The second kappa shape index (κ2) is 5.23. The molecule has 0 atom stereocenters. The van der Waals surface area contributed by atoms with Gasteiger partial charge < -0.3 is 0 Å². The van der Waals surface area contributed by atoms with Gasteiger partial charge in [0.25, 0.3) is 0 Å². The molecule has 7 heteroatoms. The van der Waals surface area contributed by atoms with E-state index in [1.165, 1.54) is 0 Å². The van der Waals surface area contributed by atoms with E-state index >= 15 is 0 Å². The van der Waals surface area contributed by atoms with Gasteiger partial charge in [0.15, 0.2) is 0 Å². The Hall–Kier alpha value is -1.92. The lowest BCUT2D eigenvalue weighted by atomic mass is 9.62. The van der Waals surface area contributed by atoms with Gasteiger partial charge in [-0.05, 0) is 17.8 Å². The van der Waals surface area contributed by atoms with Crippen molar-refractivity contribution in [1.29, 1.82) is 0 Å². The van der Waals surface area contributed by atoms with Gasteiger partial charge in [-0.2, -0.15) is 0 Å². The van der Waals surface area contributed by atoms with Crippen LogP contribution in [0.3, 0.4) is 0 Å². The van der Waals surface area contributed by atoms with Gasteiger partial charge in [0.2, 0.25) is 7.28 Å². The summed E-state index contributed by atoms with van der Waals surface area (Å²) in [5, 5.41) is 0. The van der Waals surface area contributed by atoms with Crippen molar-refractivity contribution in [3.63, 3.8) is 0 Å². The Balaban J connectivity index is 2.54. The number of hydrogen-bond acceptors (Lipinski definition) is 0. The summed E-state index contributed by atoms with van der Waals surface area (Å²) in [7, 11) is 0.529. The fourth-order valence-electron chi connectivity index (χ4n) is 1.68. The zero-order valence-corrected chi connectivity index (χ0v) is 10.1. The van der Waals surface area contributed by atoms with Crippen molar-refractivity contribution >= 4 is 18.2 Å². The molecule has 0 fully saturated rings. The molecule has 0 aliphatic rings. The zero-order chi connectivity index (χ0) is 15.0. The highest BCUT2D eigenvalue weighted by atomic mass is 19.2. The summed E-state index contributed by atoms with van der Waals surface area (Å²) in [6.45, 7) is 1.05. The lowest BCUT2D eigenvalue weighted by Gasteiger charge is -2.09. The van der Waals surface area contributed by atoms with Crippen molar-refractivity contribution in [1.82, 2.24) is 0 Å². The quantitative estimate of drug-likeness (QED) is 0.588. The third-order valence-corrected chi connectivity index (χ3v) is 2.77. The molecule has 0 heterocycles. The van der Waals surface area contributed by atoms with Gasteiger partial charge in [0.1, 0.15) is 34.9 Å². The van der Waals surface area contributed by atoms with Crippen molar-refractivity contribution in [2.75, 3.05) is 0 Å². The fourth-order valence-corrected chi connectivity index (χ4v) is 1.68. The maximum atomic E-state index is 13.7. The minimum atomic E-state index is -1.32. The second-order valence-corrected chi connectivity index (χ2v) is 4.12. The van der Waals surface area contributed by atoms with Crippen LogP contribution >= 0.6 is 0 Å². The van der Waals surface area contributed by atoms with Crippen molar-refractivity contribution in [3.05, 3.63) is 58.7 Å². The second-order valence-electron chi connectivity index (χ2n) is 4.12. The number of hydrogen-bond donors (Lipinski definition) is 0. The lowest BCUT2D eigenvalue weighted by Crippen LogP contribution is -2.37. The molecule has 0 bridgehead atoms. The molecule has 20 heavy (non-hydrogen) atoms. The van der Waals surface area contributed by atoms with Crippen LogP contribution in [0, 0.1) is 41.8 Å². The molecular weight excluding hydrogens is 281 g/mol. The molecule has 0 saturated carbocycles. The van der Waals surface area contributed by atoms with Crippen LogP contribution in [0.4, 0.5) is 26.3 Å². The van der Waals surface area contributed by atoms with Crippen molar-refractivity contribution in [2.45, 2.75) is 6.92 Å². The summed E-state index contributed by atoms with van der Waals surface area (Å²) in [4.78, 5) is 0. The Morgan fingerprint density at radius 2 is 1.20 bits per heavy atom. The number of benzene rings is 2. The van der Waals surface area contributed by atoms with Crippen molar-refractivity contribution in [3.8, 4) is 0 Å². The van der Waals surface area contributed by atoms with E-state index in [0.29, 0.717) is 25.5 Å². The van der Waals surface area contributed by atoms with Crippen LogP contribution in [-0.2, 0) is 0 Å². The molecule has 0 aromatic heterocycles. The molecule has 0 spiro atoms. The van der Waals surface area contributed by atoms with Gasteiger partial charge in [0.05, 0.1) is 0 Å². The zero-order valence-electron chi connectivity index (χ0n) is 10.1. The average molecular weight is 287 g/mol. The highest BCUT2D eigenvalue weighted by Gasteiger charge is 2.21. The molecule has 2 rings (SSSR count). The molecular formula is C13H6BF6. The fraction of sp³-hybridized carbons (Fsp3) is 0.0769. The summed E-state index contributed by atoms with van der Waals surface area (Å²) in [5.74, 6) is -7.49. The largest absolute Gasteiger partial charge is 0.207 e. The predicted molar refractivity (Wildman–Crippen MR) is 62.4 cm³/mol. The van der Waals surface area contributed by atoms with E-state index in [2.05, 4.69) is 0 Å². The Bertz CT molecular complexity index is 660. The molecule has 2 aromatic carbocycles. The first-order chi connectivity index (χ1) is 9.31. The lowest BCUT2D eigenvalue weighted by molar-refractivity contribution is 0.542. The molecule has 0 aliphatic heterocycles. The van der Waals surface area contributed by atoms with Crippen LogP contribution in [0.1, 0.15) is 5.56 Å². The minimum absolute atomic E-state index is 0.376. The number of rotatable bonds is 2. The molecule has 0 aliphatic carbocycles. The molecule has 0 unspecified atom stereocenters. The molecule has 0 nitrogen and oxygen atoms in total. The van der Waals surface area contributed by atoms with E-state index in [1.807, 2.05) is 0 Å². The summed E-state index contributed by atoms with van der Waals surface area (Å²) in [5.41, 5.74) is -2.09. The Kier molecular flexibility index (Phi) is 3.79. The van der Waals surface area contributed by atoms with Gasteiger partial charge in [0, 0.05) is 23.8 Å². The van der Waals surface area contributed by atoms with Crippen LogP contribution in [0.25, 0.3) is 0 Å². The van der Waals surface area contributed by atoms with E-state index in [1.54, 1.807) is 0 Å². The van der Waals surface area contributed by atoms with Crippen LogP contribution in [-0.4, -0.2) is 7.28 Å². The van der Waals surface area contributed by atoms with Crippen LogP contribution in [0.5, 0.6) is 0 Å². The molecule has 0 N–H and O–H groups in total. The summed E-state index contributed by atoms with van der Waals surface area (Å²) >= 11 is 0. The highest BCUT2D eigenvalue weighted by Crippen LogP contribution is 2.12. The third kappa shape index (κ3) is 2.52. The normalized spacial score (nSPS) is 10.8. The topological polar surface area (TPSA) is 0 Å². The van der Waals surface area contributed by atoms with Gasteiger partial charge in [-0.1, -0.05) is 0 Å². The van der Waals surface area contributed by atoms with Crippen LogP contribution in [0.15, 0.2) is 18.2 Å². The monoisotopic (exact) mass is 287 g/mol. The van der Waals surface area contributed by atoms with Gasteiger partial charge in [-0.25, -0.2) is 26.3 Å². The van der Waals surface area contributed by atoms with E-state index in [9.17, 15) is 26.3 Å². The Labute approximate surface area is 111 Å². The average Bonchev–Trinajstić information content (AvgIpc) is 2.34. The Morgan fingerprint density at radius 1 is 0.700 bits per heavy atom. The first kappa shape index (κ1) is 14.5. The van der Waals surface area contributed by atoms with Crippen molar-refractivity contribution in [2.24, 2.45) is 0 Å². The minimum Gasteiger partial charge on any atom is -0.207 e. The third-order valence-electron chi connectivity index (χ3n) is 2.77. The summed E-state index contributed by atoms with van der Waals surface area (Å²) < 4.78 is 79.8. The highest BCUT2D eigenvalue weighted by molar-refractivity contribution is 6.67. The molecule has 0 amide bonds. The maximum Gasteiger partial charge on any atom is 0.207 e. The summed E-state index contributed by atoms with van der Waals surface area (Å²) in [6.07, 6.45) is 0. The molecule has 103 valence electrons. The maximum absolute atomic E-state index is 13.7. The van der Waals surface area contributed by atoms with Gasteiger partial charge in [-0.3, -0.25) is 0 Å². The van der Waals surface area contributed by atoms with E-state index in [-0.39, 0.29) is 0 Å². The van der Waals surface area contributed by atoms with E-state index in [4.69, 9.17) is 0 Å². The Morgan fingerprint density at radius 3 is 1.75 bits per heavy atom. The first-order valence-electron chi connectivity index (χ1n) is 5.44. The van der Waals surface area contributed by atoms with Crippen molar-refractivity contribution < 1.29 is 26.3 Å². The molecule has 1 radical (unpaired) electrons. The van der Waals surface area contributed by atoms with Gasteiger partial charge >= 0.3 is 0 Å². The van der Waals surface area contributed by atoms with E-state index in [0.717, 1.165) is 6.92 Å². The first-order valence-corrected chi connectivity index (χ1v) is 5.44. The predicted octanol–water partition coefficient (Wildman–Crippen LogP) is 2.48. The molecule has 0 saturated heterocycles. The smallest absolute Gasteiger partial charge is 0.207 e. The summed E-state index contributed by atoms with van der Waals surface area (Å²) in [6, 6.07) is 1.16. The van der Waals surface area contributed by atoms with Crippen LogP contribution < -0.4 is 10.9 Å². The number of halogens is 6.